The number of hydrogen-bond donors (Lipinski definition) is 1. The maximum Gasteiger partial charge on any atom is 0.220 e. The molecule has 3 nitrogen and oxygen atoms in total. The number of methoxy groups -OCH3 is 1. The Labute approximate surface area is 94.5 Å². The summed E-state index contributed by atoms with van der Waals surface area (Å²) in [6.45, 7) is 1.41. The van der Waals surface area contributed by atoms with Gasteiger partial charge in [0, 0.05) is 31.6 Å². The Morgan fingerprint density at radius 2 is 2.47 bits per heavy atom. The van der Waals surface area contributed by atoms with Crippen LogP contribution < -0.4 is 5.32 Å². The monoisotopic (exact) mass is 227 g/mol. The van der Waals surface area contributed by atoms with Gasteiger partial charge in [0.15, 0.2) is 0 Å². The number of amides is 1. The van der Waals surface area contributed by atoms with Crippen LogP contribution in [-0.2, 0) is 16.0 Å². The summed E-state index contributed by atoms with van der Waals surface area (Å²) < 4.78 is 4.89. The zero-order valence-corrected chi connectivity index (χ0v) is 9.81. The lowest BCUT2D eigenvalue weighted by Gasteiger charge is -2.03. The lowest BCUT2D eigenvalue weighted by atomic mass is 10.2. The van der Waals surface area contributed by atoms with E-state index in [0.29, 0.717) is 19.6 Å². The first-order valence-electron chi connectivity index (χ1n) is 5.11. The van der Waals surface area contributed by atoms with Crippen molar-refractivity contribution in [2.24, 2.45) is 0 Å². The highest BCUT2D eigenvalue weighted by atomic mass is 32.1. The van der Waals surface area contributed by atoms with E-state index in [1.807, 2.05) is 11.4 Å². The fourth-order valence-electron chi connectivity index (χ4n) is 1.22. The van der Waals surface area contributed by atoms with Crippen LogP contribution in [0.4, 0.5) is 0 Å². The van der Waals surface area contributed by atoms with Gasteiger partial charge in [0.25, 0.3) is 0 Å². The van der Waals surface area contributed by atoms with E-state index in [1.54, 1.807) is 18.4 Å². The minimum Gasteiger partial charge on any atom is -0.385 e. The number of thiophene rings is 1. The SMILES string of the molecule is COCCCNC(=O)CCc1cccs1. The first-order chi connectivity index (χ1) is 7.33. The molecule has 0 bridgehead atoms. The van der Waals surface area contributed by atoms with Gasteiger partial charge < -0.3 is 10.1 Å². The third-order valence-electron chi connectivity index (χ3n) is 2.03. The predicted octanol–water partition coefficient (Wildman–Crippen LogP) is 1.83. The van der Waals surface area contributed by atoms with Gasteiger partial charge >= 0.3 is 0 Å². The molecule has 84 valence electrons. The fraction of sp³-hybridized carbons (Fsp3) is 0.545. The van der Waals surface area contributed by atoms with Crippen molar-refractivity contribution in [2.45, 2.75) is 19.3 Å². The number of hydrogen-bond acceptors (Lipinski definition) is 3. The van der Waals surface area contributed by atoms with E-state index in [4.69, 9.17) is 4.74 Å². The van der Waals surface area contributed by atoms with Gasteiger partial charge in [-0.1, -0.05) is 6.07 Å². The van der Waals surface area contributed by atoms with E-state index in [9.17, 15) is 4.79 Å². The quantitative estimate of drug-likeness (QED) is 0.722. The van der Waals surface area contributed by atoms with E-state index in [-0.39, 0.29) is 5.91 Å². The second-order valence-electron chi connectivity index (χ2n) is 3.28. The predicted molar refractivity (Wildman–Crippen MR) is 62.1 cm³/mol. The normalized spacial score (nSPS) is 10.2. The van der Waals surface area contributed by atoms with Gasteiger partial charge in [0.2, 0.25) is 5.91 Å². The van der Waals surface area contributed by atoms with Crippen LogP contribution in [0.25, 0.3) is 0 Å². The molecule has 0 saturated carbocycles. The Hall–Kier alpha value is -0.870. The van der Waals surface area contributed by atoms with Crippen LogP contribution in [0.1, 0.15) is 17.7 Å². The van der Waals surface area contributed by atoms with Crippen LogP contribution in [0.2, 0.25) is 0 Å². The number of carbonyl (C=O) groups is 1. The van der Waals surface area contributed by atoms with Gasteiger partial charge in [-0.25, -0.2) is 0 Å². The topological polar surface area (TPSA) is 38.3 Å². The lowest BCUT2D eigenvalue weighted by Crippen LogP contribution is -2.25. The Morgan fingerprint density at radius 1 is 1.60 bits per heavy atom. The maximum absolute atomic E-state index is 11.4. The summed E-state index contributed by atoms with van der Waals surface area (Å²) in [5.41, 5.74) is 0. The number of nitrogens with one attached hydrogen (secondary N) is 1. The molecule has 0 aliphatic heterocycles. The first kappa shape index (κ1) is 12.2. The molecule has 1 aromatic rings. The zero-order chi connectivity index (χ0) is 10.9. The average molecular weight is 227 g/mol. The summed E-state index contributed by atoms with van der Waals surface area (Å²) in [7, 11) is 1.67. The Bertz CT molecular complexity index is 272. The highest BCUT2D eigenvalue weighted by Crippen LogP contribution is 2.10. The molecule has 0 aliphatic carbocycles. The standard InChI is InChI=1S/C11H17NO2S/c1-14-8-3-7-12-11(13)6-5-10-4-2-9-15-10/h2,4,9H,3,5-8H2,1H3,(H,12,13). The lowest BCUT2D eigenvalue weighted by molar-refractivity contribution is -0.121. The molecule has 4 heteroatoms. The van der Waals surface area contributed by atoms with Crippen LogP contribution >= 0.6 is 11.3 Å². The molecule has 1 N–H and O–H groups in total. The minimum absolute atomic E-state index is 0.125. The first-order valence-corrected chi connectivity index (χ1v) is 5.99. The molecule has 1 amide bonds. The van der Waals surface area contributed by atoms with E-state index in [1.165, 1.54) is 4.88 Å². The average Bonchev–Trinajstić information content (AvgIpc) is 2.74. The second kappa shape index (κ2) is 7.43. The summed E-state index contributed by atoms with van der Waals surface area (Å²) in [6.07, 6.45) is 2.29. The number of carbonyl (C=O) groups excluding carboxylic acids is 1. The van der Waals surface area contributed by atoms with Crippen LogP contribution in [0.5, 0.6) is 0 Å². The Kier molecular flexibility index (Phi) is 6.04. The molecule has 1 rings (SSSR count). The number of ether oxygens (including phenoxy) is 1. The van der Waals surface area contributed by atoms with Gasteiger partial charge in [0.05, 0.1) is 0 Å². The molecular formula is C11H17NO2S. The molecule has 0 atom stereocenters. The van der Waals surface area contributed by atoms with E-state index < -0.39 is 0 Å². The molecule has 15 heavy (non-hydrogen) atoms. The second-order valence-corrected chi connectivity index (χ2v) is 4.31. The summed E-state index contributed by atoms with van der Waals surface area (Å²) in [4.78, 5) is 12.6. The van der Waals surface area contributed by atoms with Crippen molar-refractivity contribution < 1.29 is 9.53 Å². The van der Waals surface area contributed by atoms with Crippen molar-refractivity contribution >= 4 is 17.2 Å². The Balaban J connectivity index is 2.04. The molecule has 0 fully saturated rings. The van der Waals surface area contributed by atoms with Gasteiger partial charge in [0.1, 0.15) is 0 Å². The van der Waals surface area contributed by atoms with Crippen molar-refractivity contribution in [3.63, 3.8) is 0 Å². The molecule has 0 aromatic carbocycles. The van der Waals surface area contributed by atoms with Crippen LogP contribution in [0.15, 0.2) is 17.5 Å². The van der Waals surface area contributed by atoms with E-state index >= 15 is 0 Å². The van der Waals surface area contributed by atoms with Gasteiger partial charge in [-0.2, -0.15) is 0 Å². The fourth-order valence-corrected chi connectivity index (χ4v) is 1.93. The maximum atomic E-state index is 11.4. The third-order valence-corrected chi connectivity index (χ3v) is 2.96. The highest BCUT2D eigenvalue weighted by molar-refractivity contribution is 7.09. The van der Waals surface area contributed by atoms with Crippen molar-refractivity contribution in [1.82, 2.24) is 5.32 Å². The third kappa shape index (κ3) is 5.54. The molecule has 0 spiro atoms. The smallest absolute Gasteiger partial charge is 0.220 e. The summed E-state index contributed by atoms with van der Waals surface area (Å²) in [5, 5.41) is 4.90. The highest BCUT2D eigenvalue weighted by Gasteiger charge is 2.01. The van der Waals surface area contributed by atoms with E-state index in [2.05, 4.69) is 11.4 Å². The van der Waals surface area contributed by atoms with E-state index in [0.717, 1.165) is 12.8 Å². The largest absolute Gasteiger partial charge is 0.385 e. The van der Waals surface area contributed by atoms with Crippen LogP contribution in [0, 0.1) is 0 Å². The number of aryl methyl sites for hydroxylation is 1. The molecule has 0 aliphatic rings. The van der Waals surface area contributed by atoms with Crippen LogP contribution in [0.3, 0.4) is 0 Å². The summed E-state index contributed by atoms with van der Waals surface area (Å²) in [6, 6.07) is 4.07. The van der Waals surface area contributed by atoms with Gasteiger partial charge in [-0.3, -0.25) is 4.79 Å². The molecule has 0 radical (unpaired) electrons. The molecular weight excluding hydrogens is 210 g/mol. The molecule has 1 heterocycles. The summed E-state index contributed by atoms with van der Waals surface area (Å²) >= 11 is 1.70. The van der Waals surface area contributed by atoms with Gasteiger partial charge in [-0.05, 0) is 24.3 Å². The van der Waals surface area contributed by atoms with Crippen molar-refractivity contribution in [2.75, 3.05) is 20.3 Å². The van der Waals surface area contributed by atoms with Crippen molar-refractivity contribution in [1.29, 1.82) is 0 Å². The van der Waals surface area contributed by atoms with Gasteiger partial charge in [-0.15, -0.1) is 11.3 Å². The summed E-state index contributed by atoms with van der Waals surface area (Å²) in [5.74, 6) is 0.125. The van der Waals surface area contributed by atoms with Crippen molar-refractivity contribution in [3.05, 3.63) is 22.4 Å². The minimum atomic E-state index is 0.125. The Morgan fingerprint density at radius 3 is 3.13 bits per heavy atom. The molecule has 0 saturated heterocycles. The van der Waals surface area contributed by atoms with Crippen LogP contribution in [-0.4, -0.2) is 26.2 Å². The molecule has 1 aromatic heterocycles. The van der Waals surface area contributed by atoms with Crippen molar-refractivity contribution in [3.8, 4) is 0 Å². The number of rotatable bonds is 7. The molecule has 0 unspecified atom stereocenters. The zero-order valence-electron chi connectivity index (χ0n) is 8.99.